The number of carboxylic acids is 1. The van der Waals surface area contributed by atoms with Crippen molar-refractivity contribution in [3.63, 3.8) is 0 Å². The molecule has 1 aromatic rings. The van der Waals surface area contributed by atoms with E-state index in [1.165, 1.54) is 11.3 Å². The van der Waals surface area contributed by atoms with Gasteiger partial charge in [0.05, 0.1) is 11.6 Å². The van der Waals surface area contributed by atoms with E-state index < -0.39 is 5.97 Å². The fraction of sp³-hybridized carbons (Fsp3) is 0.538. The highest BCUT2D eigenvalue weighted by atomic mass is 35.5. The number of carbonyl (C=O) groups excluding carboxylic acids is 1. The van der Waals surface area contributed by atoms with Crippen LogP contribution in [0.3, 0.4) is 0 Å². The van der Waals surface area contributed by atoms with E-state index in [1.807, 2.05) is 11.8 Å². The van der Waals surface area contributed by atoms with Crippen molar-refractivity contribution in [3.05, 3.63) is 21.3 Å². The van der Waals surface area contributed by atoms with E-state index in [1.54, 1.807) is 11.4 Å². The van der Waals surface area contributed by atoms with Gasteiger partial charge in [0.2, 0.25) is 0 Å². The number of thiophene rings is 1. The first-order chi connectivity index (χ1) is 9.51. The fourth-order valence-electron chi connectivity index (χ4n) is 2.38. The maximum absolute atomic E-state index is 12.0. The van der Waals surface area contributed by atoms with Gasteiger partial charge in [-0.2, -0.15) is 0 Å². The predicted molar refractivity (Wildman–Crippen MR) is 78.5 cm³/mol. The second-order valence-electron chi connectivity index (χ2n) is 4.85. The summed E-state index contributed by atoms with van der Waals surface area (Å²) in [5.41, 5.74) is 0. The molecule has 0 radical (unpaired) electrons. The molecule has 2 N–H and O–H groups in total. The summed E-state index contributed by atoms with van der Waals surface area (Å²) in [5.74, 6) is -0.959. The van der Waals surface area contributed by atoms with Gasteiger partial charge in [0.1, 0.15) is 4.88 Å². The Bertz CT molecular complexity index is 500. The summed E-state index contributed by atoms with van der Waals surface area (Å²) in [5, 5.41) is 14.0. The summed E-state index contributed by atoms with van der Waals surface area (Å²) < 4.78 is 0. The van der Waals surface area contributed by atoms with Crippen molar-refractivity contribution >= 4 is 34.8 Å². The van der Waals surface area contributed by atoms with Crippen LogP contribution in [-0.4, -0.2) is 47.1 Å². The molecular formula is C13H17ClN2O3S. The first kappa shape index (κ1) is 15.3. The summed E-state index contributed by atoms with van der Waals surface area (Å²) in [7, 11) is 0. The molecule has 110 valence electrons. The Morgan fingerprint density at radius 1 is 1.55 bits per heavy atom. The van der Waals surface area contributed by atoms with Crippen molar-refractivity contribution in [2.24, 2.45) is 0 Å². The molecule has 1 aromatic heterocycles. The normalized spacial score (nSPS) is 21.6. The van der Waals surface area contributed by atoms with Crippen LogP contribution in [0.15, 0.2) is 11.4 Å². The molecule has 0 aromatic carbocycles. The Morgan fingerprint density at radius 3 is 2.75 bits per heavy atom. The maximum atomic E-state index is 12.0. The van der Waals surface area contributed by atoms with E-state index >= 15 is 0 Å². The molecule has 0 saturated heterocycles. The first-order valence-corrected chi connectivity index (χ1v) is 7.76. The van der Waals surface area contributed by atoms with Crippen LogP contribution in [0.2, 0.25) is 5.02 Å². The number of rotatable bonds is 6. The molecule has 1 fully saturated rings. The molecule has 7 heteroatoms. The number of amides is 1. The van der Waals surface area contributed by atoms with Gasteiger partial charge < -0.3 is 10.4 Å². The molecule has 1 aliphatic carbocycles. The number of aliphatic carboxylic acids is 1. The number of halogens is 1. The maximum Gasteiger partial charge on any atom is 0.317 e. The lowest BCUT2D eigenvalue weighted by Gasteiger charge is -2.42. The minimum atomic E-state index is -0.815. The highest BCUT2D eigenvalue weighted by molar-refractivity contribution is 7.12. The molecule has 1 heterocycles. The van der Waals surface area contributed by atoms with Crippen molar-refractivity contribution in [1.29, 1.82) is 0 Å². The Morgan fingerprint density at radius 2 is 2.25 bits per heavy atom. The molecule has 5 nitrogen and oxygen atoms in total. The van der Waals surface area contributed by atoms with Crippen molar-refractivity contribution in [2.45, 2.75) is 31.8 Å². The van der Waals surface area contributed by atoms with Gasteiger partial charge in [0, 0.05) is 12.1 Å². The lowest BCUT2D eigenvalue weighted by Crippen LogP contribution is -2.54. The zero-order valence-corrected chi connectivity index (χ0v) is 12.7. The second-order valence-corrected chi connectivity index (χ2v) is 6.17. The van der Waals surface area contributed by atoms with E-state index in [4.69, 9.17) is 16.7 Å². The lowest BCUT2D eigenvalue weighted by molar-refractivity contribution is -0.139. The monoisotopic (exact) mass is 316 g/mol. The molecule has 1 saturated carbocycles. The molecule has 0 spiro atoms. The standard InChI is InChI=1S/C13H17ClN2O3S/c1-2-16(7-11(17)18)9-5-8(6-9)15-13(19)12-10(14)3-4-20-12/h3-4,8-9H,2,5-7H2,1H3,(H,15,19)(H,17,18). The van der Waals surface area contributed by atoms with Crippen LogP contribution in [-0.2, 0) is 4.79 Å². The summed E-state index contributed by atoms with van der Waals surface area (Å²) in [6, 6.07) is 2.05. The number of hydrogen-bond acceptors (Lipinski definition) is 4. The van der Waals surface area contributed by atoms with Gasteiger partial charge in [-0.05, 0) is 30.8 Å². The van der Waals surface area contributed by atoms with Gasteiger partial charge in [-0.3, -0.25) is 14.5 Å². The number of hydrogen-bond donors (Lipinski definition) is 2. The van der Waals surface area contributed by atoms with Gasteiger partial charge in [0.25, 0.3) is 5.91 Å². The molecule has 0 aliphatic heterocycles. The molecule has 0 unspecified atom stereocenters. The summed E-state index contributed by atoms with van der Waals surface area (Å²) >= 11 is 7.24. The van der Waals surface area contributed by atoms with E-state index in [9.17, 15) is 9.59 Å². The zero-order valence-electron chi connectivity index (χ0n) is 11.1. The van der Waals surface area contributed by atoms with E-state index in [0.29, 0.717) is 16.4 Å². The fourth-order valence-corrected chi connectivity index (χ4v) is 3.43. The van der Waals surface area contributed by atoms with Crippen molar-refractivity contribution in [1.82, 2.24) is 10.2 Å². The van der Waals surface area contributed by atoms with Crippen LogP contribution in [0, 0.1) is 0 Å². The topological polar surface area (TPSA) is 69.6 Å². The average Bonchev–Trinajstić information content (AvgIpc) is 2.76. The van der Waals surface area contributed by atoms with E-state index in [-0.39, 0.29) is 24.5 Å². The first-order valence-electron chi connectivity index (χ1n) is 6.51. The molecule has 1 amide bonds. The van der Waals surface area contributed by atoms with Crippen LogP contribution in [0.25, 0.3) is 0 Å². The van der Waals surface area contributed by atoms with E-state index in [0.717, 1.165) is 12.8 Å². The second kappa shape index (κ2) is 6.56. The third kappa shape index (κ3) is 3.50. The summed E-state index contributed by atoms with van der Waals surface area (Å²) in [6.45, 7) is 2.70. The summed E-state index contributed by atoms with van der Waals surface area (Å²) in [4.78, 5) is 25.2. The Hall–Kier alpha value is -1.11. The van der Waals surface area contributed by atoms with Crippen molar-refractivity contribution in [2.75, 3.05) is 13.1 Å². The average molecular weight is 317 g/mol. The molecule has 20 heavy (non-hydrogen) atoms. The smallest absolute Gasteiger partial charge is 0.317 e. The van der Waals surface area contributed by atoms with Gasteiger partial charge >= 0.3 is 5.97 Å². The number of carbonyl (C=O) groups is 2. The third-order valence-electron chi connectivity index (χ3n) is 3.53. The van der Waals surface area contributed by atoms with Crippen LogP contribution in [0.1, 0.15) is 29.4 Å². The van der Waals surface area contributed by atoms with Crippen molar-refractivity contribution < 1.29 is 14.7 Å². The number of carboxylic acid groups (broad SMARTS) is 1. The number of nitrogens with zero attached hydrogens (tertiary/aromatic N) is 1. The Kier molecular flexibility index (Phi) is 5.01. The van der Waals surface area contributed by atoms with Gasteiger partial charge in [-0.25, -0.2) is 0 Å². The highest BCUT2D eigenvalue weighted by Gasteiger charge is 2.35. The Balaban J connectivity index is 1.80. The lowest BCUT2D eigenvalue weighted by atomic mass is 9.85. The SMILES string of the molecule is CCN(CC(=O)O)C1CC(NC(=O)c2sccc2Cl)C1. The van der Waals surface area contributed by atoms with Crippen molar-refractivity contribution in [3.8, 4) is 0 Å². The van der Waals surface area contributed by atoms with Crippen LogP contribution in [0.4, 0.5) is 0 Å². The van der Waals surface area contributed by atoms with Gasteiger partial charge in [0.15, 0.2) is 0 Å². The van der Waals surface area contributed by atoms with Gasteiger partial charge in [-0.1, -0.05) is 18.5 Å². The van der Waals surface area contributed by atoms with Crippen LogP contribution < -0.4 is 5.32 Å². The Labute approximate surface area is 126 Å². The van der Waals surface area contributed by atoms with Crippen LogP contribution in [0.5, 0.6) is 0 Å². The molecule has 2 rings (SSSR count). The number of nitrogens with one attached hydrogen (secondary N) is 1. The van der Waals surface area contributed by atoms with Gasteiger partial charge in [-0.15, -0.1) is 11.3 Å². The largest absolute Gasteiger partial charge is 0.480 e. The molecular weight excluding hydrogens is 300 g/mol. The molecule has 0 atom stereocenters. The van der Waals surface area contributed by atoms with E-state index in [2.05, 4.69) is 5.32 Å². The predicted octanol–water partition coefficient (Wildman–Crippen LogP) is 2.07. The van der Waals surface area contributed by atoms with Crippen LogP contribution >= 0.6 is 22.9 Å². The third-order valence-corrected chi connectivity index (χ3v) is 4.87. The molecule has 1 aliphatic rings. The minimum Gasteiger partial charge on any atom is -0.480 e. The molecule has 0 bridgehead atoms. The zero-order chi connectivity index (χ0) is 14.7. The highest BCUT2D eigenvalue weighted by Crippen LogP contribution is 2.27. The minimum absolute atomic E-state index is 0.0542. The quantitative estimate of drug-likeness (QED) is 0.843. The summed E-state index contributed by atoms with van der Waals surface area (Å²) in [6.07, 6.45) is 1.58. The number of likely N-dealkylation sites (N-methyl/N-ethyl adjacent to an activating group) is 1.